The number of carbonyl (C=O) groups excluding carboxylic acids is 3. The number of likely N-dealkylation sites (N-methyl/N-ethyl adjacent to an activating group) is 1. The number of carbonyl (C=O) groups is 3. The second-order valence-corrected chi connectivity index (χ2v) is 10.3. The third-order valence-corrected chi connectivity index (χ3v) is 5.10. The van der Waals surface area contributed by atoms with Crippen LogP contribution in [0.25, 0.3) is 0 Å². The zero-order valence-electron chi connectivity index (χ0n) is 22.4. The first-order valence-corrected chi connectivity index (χ1v) is 12.6. The summed E-state index contributed by atoms with van der Waals surface area (Å²) in [6, 6.07) is -0.308. The van der Waals surface area contributed by atoms with E-state index in [4.69, 9.17) is 14.2 Å². The molecule has 0 saturated heterocycles. The molecule has 1 amide bonds. The summed E-state index contributed by atoms with van der Waals surface area (Å²) in [4.78, 5) is 37.2. The Morgan fingerprint density at radius 1 is 0.939 bits per heavy atom. The van der Waals surface area contributed by atoms with E-state index in [2.05, 4.69) is 12.6 Å². The number of hydrogen-bond donors (Lipinski definition) is 1. The lowest BCUT2D eigenvalue weighted by atomic mass is 10.1. The number of hydrogen-bond acceptors (Lipinski definition) is 7. The third kappa shape index (κ3) is 20.2. The Labute approximate surface area is 207 Å². The van der Waals surface area contributed by atoms with Crippen molar-refractivity contribution in [2.24, 2.45) is 5.92 Å². The third-order valence-electron chi connectivity index (χ3n) is 4.88. The van der Waals surface area contributed by atoms with Gasteiger partial charge >= 0.3 is 0 Å². The zero-order valence-corrected chi connectivity index (χ0v) is 23.3. The molecule has 0 aliphatic rings. The van der Waals surface area contributed by atoms with Gasteiger partial charge in [0.05, 0.1) is 45.0 Å². The van der Waals surface area contributed by atoms with Crippen LogP contribution in [0, 0.1) is 5.92 Å². The van der Waals surface area contributed by atoms with E-state index >= 15 is 0 Å². The van der Waals surface area contributed by atoms with E-state index in [-0.39, 0.29) is 59.9 Å². The molecule has 0 aromatic heterocycles. The Bertz CT molecular complexity index is 548. The van der Waals surface area contributed by atoms with E-state index < -0.39 is 0 Å². The van der Waals surface area contributed by atoms with Gasteiger partial charge in [0, 0.05) is 37.2 Å². The molecule has 0 N–H and O–H groups in total. The molecule has 0 radical (unpaired) electrons. The van der Waals surface area contributed by atoms with Crippen molar-refractivity contribution >= 4 is 30.1 Å². The monoisotopic (exact) mass is 491 g/mol. The Balaban J connectivity index is 0. The van der Waals surface area contributed by atoms with Crippen LogP contribution in [-0.2, 0) is 28.6 Å². The van der Waals surface area contributed by atoms with Crippen LogP contribution in [-0.4, -0.2) is 79.3 Å². The summed E-state index contributed by atoms with van der Waals surface area (Å²) >= 11 is 4.48. The molecule has 33 heavy (non-hydrogen) atoms. The smallest absolute Gasteiger partial charge is 0.225 e. The Morgan fingerprint density at radius 3 is 1.91 bits per heavy atom. The van der Waals surface area contributed by atoms with Gasteiger partial charge in [-0.1, -0.05) is 41.5 Å². The van der Waals surface area contributed by atoms with E-state index in [1.807, 2.05) is 48.5 Å². The fourth-order valence-corrected chi connectivity index (χ4v) is 2.64. The SMILES string of the molecule is CC.CC(=O)CCOCC(COCCC(=O)C(C)C)N(C)C(=O)CC(C)OCCC(C)(C)S. The van der Waals surface area contributed by atoms with Crippen LogP contribution in [0.15, 0.2) is 0 Å². The first-order chi connectivity index (χ1) is 15.3. The fraction of sp³-hybridized carbons (Fsp3) is 0.880. The maximum absolute atomic E-state index is 12.7. The number of thiol groups is 1. The zero-order chi connectivity index (χ0) is 26.0. The molecule has 0 fully saturated rings. The van der Waals surface area contributed by atoms with Crippen molar-refractivity contribution in [1.29, 1.82) is 0 Å². The Hall–Kier alpha value is -0.960. The van der Waals surface area contributed by atoms with Gasteiger partial charge < -0.3 is 19.1 Å². The highest BCUT2D eigenvalue weighted by Gasteiger charge is 2.23. The highest BCUT2D eigenvalue weighted by atomic mass is 32.1. The molecular weight excluding hydrogens is 442 g/mol. The van der Waals surface area contributed by atoms with Crippen molar-refractivity contribution in [3.63, 3.8) is 0 Å². The summed E-state index contributed by atoms with van der Waals surface area (Å²) in [6.45, 7) is 16.8. The molecule has 2 atom stereocenters. The van der Waals surface area contributed by atoms with E-state index in [0.717, 1.165) is 6.42 Å². The predicted octanol–water partition coefficient (Wildman–Crippen LogP) is 4.36. The normalized spacial score (nSPS) is 13.2. The fourth-order valence-electron chi connectivity index (χ4n) is 2.55. The van der Waals surface area contributed by atoms with Gasteiger partial charge in [-0.15, -0.1) is 0 Å². The number of rotatable bonds is 18. The van der Waals surface area contributed by atoms with E-state index in [0.29, 0.717) is 32.7 Å². The maximum Gasteiger partial charge on any atom is 0.225 e. The van der Waals surface area contributed by atoms with E-state index in [1.54, 1.807) is 11.9 Å². The van der Waals surface area contributed by atoms with Crippen molar-refractivity contribution in [2.75, 3.05) is 40.1 Å². The lowest BCUT2D eigenvalue weighted by molar-refractivity contribution is -0.138. The van der Waals surface area contributed by atoms with Crippen LogP contribution in [0.5, 0.6) is 0 Å². The minimum Gasteiger partial charge on any atom is -0.379 e. The van der Waals surface area contributed by atoms with Gasteiger partial charge in [-0.3, -0.25) is 14.4 Å². The average molecular weight is 492 g/mol. The van der Waals surface area contributed by atoms with Crippen LogP contribution >= 0.6 is 12.6 Å². The number of amides is 1. The lowest BCUT2D eigenvalue weighted by Gasteiger charge is -2.29. The van der Waals surface area contributed by atoms with Crippen LogP contribution in [0.1, 0.15) is 81.1 Å². The molecule has 0 aromatic carbocycles. The molecule has 7 nitrogen and oxygen atoms in total. The van der Waals surface area contributed by atoms with E-state index in [1.165, 1.54) is 6.92 Å². The summed E-state index contributed by atoms with van der Waals surface area (Å²) < 4.78 is 16.9. The summed E-state index contributed by atoms with van der Waals surface area (Å²) in [5.74, 6) is 0.113. The summed E-state index contributed by atoms with van der Waals surface area (Å²) in [6.07, 6.45) is 1.51. The first kappa shape index (κ1) is 34.2. The van der Waals surface area contributed by atoms with Gasteiger partial charge in [0.25, 0.3) is 0 Å². The minimum atomic E-state index is -0.308. The van der Waals surface area contributed by atoms with Gasteiger partial charge in [0.2, 0.25) is 5.91 Å². The molecule has 0 rings (SSSR count). The quantitative estimate of drug-likeness (QED) is 0.227. The molecule has 0 saturated carbocycles. The highest BCUT2D eigenvalue weighted by molar-refractivity contribution is 7.81. The molecule has 0 aromatic rings. The van der Waals surface area contributed by atoms with Gasteiger partial charge in [-0.05, 0) is 20.3 Å². The topological polar surface area (TPSA) is 82.1 Å². The highest BCUT2D eigenvalue weighted by Crippen LogP contribution is 2.17. The van der Waals surface area contributed by atoms with Crippen LogP contribution < -0.4 is 0 Å². The van der Waals surface area contributed by atoms with Crippen LogP contribution in [0.4, 0.5) is 0 Å². The average Bonchev–Trinajstić information content (AvgIpc) is 2.71. The number of nitrogens with zero attached hydrogens (tertiary/aromatic N) is 1. The minimum absolute atomic E-state index is 0.0202. The summed E-state index contributed by atoms with van der Waals surface area (Å²) in [5.41, 5.74) is 0. The Morgan fingerprint density at radius 2 is 1.45 bits per heavy atom. The van der Waals surface area contributed by atoms with Crippen LogP contribution in [0.2, 0.25) is 0 Å². The lowest BCUT2D eigenvalue weighted by Crippen LogP contribution is -2.44. The van der Waals surface area contributed by atoms with Gasteiger partial charge in [-0.2, -0.15) is 12.6 Å². The van der Waals surface area contributed by atoms with Crippen LogP contribution in [0.3, 0.4) is 0 Å². The maximum atomic E-state index is 12.7. The summed E-state index contributed by atoms with van der Waals surface area (Å²) in [7, 11) is 1.72. The van der Waals surface area contributed by atoms with Crippen molar-refractivity contribution in [3.05, 3.63) is 0 Å². The van der Waals surface area contributed by atoms with Gasteiger partial charge in [0.1, 0.15) is 11.6 Å². The van der Waals surface area contributed by atoms with E-state index in [9.17, 15) is 14.4 Å². The first-order valence-electron chi connectivity index (χ1n) is 12.1. The number of Topliss-reactive ketones (excluding diaryl/α,β-unsaturated/α-hetero) is 2. The molecular formula is C25H49NO6S. The summed E-state index contributed by atoms with van der Waals surface area (Å²) in [5, 5.41) is 0. The molecule has 0 heterocycles. The largest absolute Gasteiger partial charge is 0.379 e. The molecule has 0 bridgehead atoms. The molecule has 0 aliphatic heterocycles. The van der Waals surface area contributed by atoms with Crippen molar-refractivity contribution < 1.29 is 28.6 Å². The van der Waals surface area contributed by atoms with Gasteiger partial charge in [0.15, 0.2) is 0 Å². The predicted molar refractivity (Wildman–Crippen MR) is 137 cm³/mol. The van der Waals surface area contributed by atoms with Gasteiger partial charge in [-0.25, -0.2) is 0 Å². The standard InChI is InChI=1S/C23H43NO6S.C2H6/c1-17(2)21(26)9-12-29-16-20(15-28-11-8-18(3)25)24(7)22(27)14-19(4)30-13-10-23(5,6)31;1-2/h17,19-20,31H,8-16H2,1-7H3;1-2H3. The number of ether oxygens (including phenoxy) is 3. The molecule has 196 valence electrons. The number of ketones is 2. The van der Waals surface area contributed by atoms with Crippen molar-refractivity contribution in [1.82, 2.24) is 4.90 Å². The second-order valence-electron chi connectivity index (χ2n) is 9.08. The Kier molecular flexibility index (Phi) is 20.1. The van der Waals surface area contributed by atoms with Crippen molar-refractivity contribution in [2.45, 2.75) is 98.0 Å². The molecule has 0 spiro atoms. The molecule has 2 unspecified atom stereocenters. The van der Waals surface area contributed by atoms with Crippen molar-refractivity contribution in [3.8, 4) is 0 Å². The molecule has 0 aliphatic carbocycles. The molecule has 8 heteroatoms. The second kappa shape index (κ2) is 19.4.